The van der Waals surface area contributed by atoms with Crippen LogP contribution in [0.1, 0.15) is 64.0 Å². The molecule has 5 heteroatoms. The van der Waals surface area contributed by atoms with Crippen LogP contribution in [0.5, 0.6) is 0 Å². The summed E-state index contributed by atoms with van der Waals surface area (Å²) in [5.74, 6) is 0.106. The molecule has 0 unspecified atom stereocenters. The van der Waals surface area contributed by atoms with Gasteiger partial charge in [0, 0.05) is 37.9 Å². The number of aromatic nitrogens is 1. The second-order valence-corrected chi connectivity index (χ2v) is 7.59. The zero-order valence-corrected chi connectivity index (χ0v) is 17.0. The number of aryl methyl sites for hydroxylation is 1. The van der Waals surface area contributed by atoms with E-state index in [1.165, 1.54) is 19.3 Å². The third-order valence-electron chi connectivity index (χ3n) is 5.21. The molecule has 1 aromatic heterocycles. The molecule has 27 heavy (non-hydrogen) atoms. The minimum atomic E-state index is 0.0416. The van der Waals surface area contributed by atoms with Gasteiger partial charge in [0.1, 0.15) is 6.54 Å². The highest BCUT2D eigenvalue weighted by molar-refractivity contribution is 5.85. The van der Waals surface area contributed by atoms with E-state index in [-0.39, 0.29) is 18.4 Å². The summed E-state index contributed by atoms with van der Waals surface area (Å²) in [4.78, 5) is 29.1. The molecule has 1 aliphatic carbocycles. The molecule has 1 saturated carbocycles. The number of rotatable bonds is 13. The highest BCUT2D eigenvalue weighted by Gasteiger charge is 2.33. The van der Waals surface area contributed by atoms with Crippen molar-refractivity contribution in [1.29, 1.82) is 0 Å². The molecule has 0 saturated heterocycles. The van der Waals surface area contributed by atoms with Crippen molar-refractivity contribution in [1.82, 2.24) is 14.4 Å². The Kier molecular flexibility index (Phi) is 8.62. The Morgan fingerprint density at radius 1 is 1.22 bits per heavy atom. The van der Waals surface area contributed by atoms with Crippen molar-refractivity contribution in [3.8, 4) is 0 Å². The molecular formula is C22H35N3O2. The fraction of sp³-hybridized carbons (Fsp3) is 0.636. The molecule has 2 amide bonds. The molecule has 0 radical (unpaired) electrons. The van der Waals surface area contributed by atoms with Gasteiger partial charge >= 0.3 is 0 Å². The third-order valence-corrected chi connectivity index (χ3v) is 5.21. The molecule has 0 aromatic carbocycles. The first kappa shape index (κ1) is 21.3. The van der Waals surface area contributed by atoms with Gasteiger partial charge in [0.15, 0.2) is 0 Å². The molecule has 0 bridgehead atoms. The van der Waals surface area contributed by atoms with Crippen molar-refractivity contribution in [3.05, 3.63) is 36.7 Å². The molecule has 0 atom stereocenters. The topological polar surface area (TPSA) is 45.6 Å². The molecule has 1 heterocycles. The second kappa shape index (κ2) is 11.0. The molecule has 0 aliphatic heterocycles. The van der Waals surface area contributed by atoms with Crippen LogP contribution in [0.15, 0.2) is 31.0 Å². The first-order chi connectivity index (χ1) is 13.1. The van der Waals surface area contributed by atoms with Crippen LogP contribution in [-0.2, 0) is 23.2 Å². The number of unbranched alkanes of at least 4 members (excludes halogenated alkanes) is 4. The van der Waals surface area contributed by atoms with Gasteiger partial charge in [-0.05, 0) is 31.4 Å². The normalized spacial score (nSPS) is 13.4. The lowest BCUT2D eigenvalue weighted by Crippen LogP contribution is -2.43. The predicted molar refractivity (Wildman–Crippen MR) is 109 cm³/mol. The van der Waals surface area contributed by atoms with Gasteiger partial charge in [0.25, 0.3) is 0 Å². The van der Waals surface area contributed by atoms with E-state index in [2.05, 4.69) is 13.5 Å². The van der Waals surface area contributed by atoms with E-state index in [1.807, 2.05) is 34.8 Å². The van der Waals surface area contributed by atoms with Gasteiger partial charge < -0.3 is 14.4 Å². The Hall–Kier alpha value is -2.04. The van der Waals surface area contributed by atoms with Gasteiger partial charge in [-0.2, -0.15) is 0 Å². The number of amides is 2. The second-order valence-electron chi connectivity index (χ2n) is 7.59. The van der Waals surface area contributed by atoms with Crippen molar-refractivity contribution >= 4 is 11.8 Å². The summed E-state index contributed by atoms with van der Waals surface area (Å²) in [7, 11) is 2.00. The van der Waals surface area contributed by atoms with Crippen LogP contribution < -0.4 is 0 Å². The van der Waals surface area contributed by atoms with E-state index in [0.717, 1.165) is 31.4 Å². The minimum Gasteiger partial charge on any atom is -0.353 e. The molecule has 0 N–H and O–H groups in total. The van der Waals surface area contributed by atoms with Gasteiger partial charge in [-0.1, -0.05) is 38.7 Å². The van der Waals surface area contributed by atoms with Crippen LogP contribution in [0.25, 0.3) is 0 Å². The number of carbonyl (C=O) groups is 2. The standard InChI is InChI=1S/C22H35N3O2/c1-4-6-7-8-9-12-21(26)24(15-5-2)18-22(27)25(19-13-14-19)17-20-11-10-16-23(20)3/h5,10-11,16,19H,2,4,6-9,12-15,17-18H2,1,3H3. The lowest BCUT2D eigenvalue weighted by molar-refractivity contribution is -0.141. The maximum atomic E-state index is 13.0. The molecule has 2 rings (SSSR count). The van der Waals surface area contributed by atoms with Crippen LogP contribution in [0.4, 0.5) is 0 Å². The summed E-state index contributed by atoms with van der Waals surface area (Å²) in [5, 5.41) is 0. The largest absolute Gasteiger partial charge is 0.353 e. The van der Waals surface area contributed by atoms with Crippen LogP contribution in [0.2, 0.25) is 0 Å². The molecule has 0 spiro atoms. The lowest BCUT2D eigenvalue weighted by atomic mass is 10.1. The third kappa shape index (κ3) is 6.89. The van der Waals surface area contributed by atoms with E-state index in [9.17, 15) is 9.59 Å². The highest BCUT2D eigenvalue weighted by atomic mass is 16.2. The summed E-state index contributed by atoms with van der Waals surface area (Å²) in [5.41, 5.74) is 1.12. The van der Waals surface area contributed by atoms with Crippen molar-refractivity contribution in [2.24, 2.45) is 7.05 Å². The van der Waals surface area contributed by atoms with Gasteiger partial charge in [0.2, 0.25) is 11.8 Å². The first-order valence-corrected chi connectivity index (χ1v) is 10.3. The van der Waals surface area contributed by atoms with Gasteiger partial charge in [-0.25, -0.2) is 0 Å². The van der Waals surface area contributed by atoms with Crippen molar-refractivity contribution in [2.45, 2.75) is 70.9 Å². The van der Waals surface area contributed by atoms with Crippen LogP contribution >= 0.6 is 0 Å². The lowest BCUT2D eigenvalue weighted by Gasteiger charge is -2.27. The molecular weight excluding hydrogens is 338 g/mol. The van der Waals surface area contributed by atoms with Crippen LogP contribution in [-0.4, -0.2) is 45.3 Å². The summed E-state index contributed by atoms with van der Waals surface area (Å²) < 4.78 is 2.05. The summed E-state index contributed by atoms with van der Waals surface area (Å²) in [6.07, 6.45) is 11.9. The van der Waals surface area contributed by atoms with E-state index >= 15 is 0 Å². The maximum absolute atomic E-state index is 13.0. The fourth-order valence-electron chi connectivity index (χ4n) is 3.34. The Labute approximate surface area is 164 Å². The SMILES string of the molecule is C=CCN(CC(=O)N(Cc1cccn1C)C1CC1)C(=O)CCCCCCC. The Bertz CT molecular complexity index is 619. The van der Waals surface area contributed by atoms with Crippen LogP contribution in [0, 0.1) is 0 Å². The Morgan fingerprint density at radius 3 is 2.56 bits per heavy atom. The number of hydrogen-bond acceptors (Lipinski definition) is 2. The molecule has 1 aromatic rings. The minimum absolute atomic E-state index is 0.0416. The number of carbonyl (C=O) groups excluding carboxylic acids is 2. The average molecular weight is 374 g/mol. The van der Waals surface area contributed by atoms with E-state index < -0.39 is 0 Å². The zero-order valence-electron chi connectivity index (χ0n) is 17.0. The van der Waals surface area contributed by atoms with Crippen molar-refractivity contribution in [2.75, 3.05) is 13.1 Å². The first-order valence-electron chi connectivity index (χ1n) is 10.3. The summed E-state index contributed by atoms with van der Waals surface area (Å²) in [6.45, 7) is 7.14. The molecule has 1 aliphatic rings. The quantitative estimate of drug-likeness (QED) is 0.389. The van der Waals surface area contributed by atoms with Crippen LogP contribution in [0.3, 0.4) is 0 Å². The smallest absolute Gasteiger partial charge is 0.242 e. The predicted octanol–water partition coefficient (Wildman–Crippen LogP) is 3.89. The molecule has 150 valence electrons. The summed E-state index contributed by atoms with van der Waals surface area (Å²) in [6, 6.07) is 4.37. The Balaban J connectivity index is 1.90. The van der Waals surface area contributed by atoms with Crippen molar-refractivity contribution in [3.63, 3.8) is 0 Å². The molecule has 5 nitrogen and oxygen atoms in total. The van der Waals surface area contributed by atoms with E-state index in [1.54, 1.807) is 11.0 Å². The van der Waals surface area contributed by atoms with Gasteiger partial charge in [-0.15, -0.1) is 6.58 Å². The van der Waals surface area contributed by atoms with Gasteiger partial charge in [-0.3, -0.25) is 9.59 Å². The molecule has 1 fully saturated rings. The number of hydrogen-bond donors (Lipinski definition) is 0. The number of nitrogens with zero attached hydrogens (tertiary/aromatic N) is 3. The highest BCUT2D eigenvalue weighted by Crippen LogP contribution is 2.28. The maximum Gasteiger partial charge on any atom is 0.242 e. The van der Waals surface area contributed by atoms with E-state index in [4.69, 9.17) is 0 Å². The van der Waals surface area contributed by atoms with Crippen molar-refractivity contribution < 1.29 is 9.59 Å². The fourth-order valence-corrected chi connectivity index (χ4v) is 3.34. The van der Waals surface area contributed by atoms with E-state index in [0.29, 0.717) is 25.6 Å². The summed E-state index contributed by atoms with van der Waals surface area (Å²) >= 11 is 0. The van der Waals surface area contributed by atoms with Gasteiger partial charge in [0.05, 0.1) is 6.54 Å². The monoisotopic (exact) mass is 373 g/mol. The Morgan fingerprint density at radius 2 is 1.96 bits per heavy atom. The zero-order chi connectivity index (χ0) is 19.6. The average Bonchev–Trinajstić information content (AvgIpc) is 3.41.